The lowest BCUT2D eigenvalue weighted by molar-refractivity contribution is -0.130. The van der Waals surface area contributed by atoms with Crippen LogP contribution in [0.5, 0.6) is 0 Å². The summed E-state index contributed by atoms with van der Waals surface area (Å²) in [5, 5.41) is 2.85. The molecule has 1 unspecified atom stereocenters. The van der Waals surface area contributed by atoms with Crippen LogP contribution < -0.4 is 10.2 Å². The smallest absolute Gasteiger partial charge is 0.248 e. The molecule has 18 heavy (non-hydrogen) atoms. The van der Waals surface area contributed by atoms with Crippen LogP contribution in [0.3, 0.4) is 0 Å². The monoisotopic (exact) mass is 250 g/mol. The molecule has 1 aromatic carbocycles. The van der Waals surface area contributed by atoms with Crippen molar-refractivity contribution < 1.29 is 9.53 Å². The molecule has 1 aromatic rings. The van der Waals surface area contributed by atoms with Gasteiger partial charge in [-0.05, 0) is 25.5 Å². The summed E-state index contributed by atoms with van der Waals surface area (Å²) in [6.07, 6.45) is 0.532. The van der Waals surface area contributed by atoms with E-state index in [2.05, 4.69) is 29.4 Å². The van der Waals surface area contributed by atoms with Gasteiger partial charge in [-0.15, -0.1) is 0 Å². The van der Waals surface area contributed by atoms with Crippen LogP contribution in [0.25, 0.3) is 0 Å². The zero-order valence-corrected chi connectivity index (χ0v) is 11.3. The highest BCUT2D eigenvalue weighted by molar-refractivity contribution is 5.80. The summed E-state index contributed by atoms with van der Waals surface area (Å²) in [7, 11) is 3.59. The fourth-order valence-corrected chi connectivity index (χ4v) is 1.59. The van der Waals surface area contributed by atoms with Gasteiger partial charge in [-0.2, -0.15) is 0 Å². The first-order valence-corrected chi connectivity index (χ1v) is 6.22. The molecule has 100 valence electrons. The van der Waals surface area contributed by atoms with Gasteiger partial charge in [-0.3, -0.25) is 4.79 Å². The molecule has 0 aliphatic heterocycles. The molecule has 1 amide bonds. The van der Waals surface area contributed by atoms with Crippen LogP contribution >= 0.6 is 0 Å². The molecule has 0 saturated carbocycles. The van der Waals surface area contributed by atoms with E-state index in [1.54, 1.807) is 6.92 Å². The number of nitrogens with one attached hydrogen (secondary N) is 1. The van der Waals surface area contributed by atoms with Crippen molar-refractivity contribution in [3.63, 3.8) is 0 Å². The number of ether oxygens (including phenoxy) is 1. The van der Waals surface area contributed by atoms with E-state index >= 15 is 0 Å². The van der Waals surface area contributed by atoms with Crippen LogP contribution in [-0.4, -0.2) is 39.3 Å². The lowest BCUT2D eigenvalue weighted by atomic mass is 10.3. The summed E-state index contributed by atoms with van der Waals surface area (Å²) < 4.78 is 4.94. The SMILES string of the molecule is COC(C)C(=O)NCCCN(C)c1ccccc1. The van der Waals surface area contributed by atoms with Crippen molar-refractivity contribution in [2.24, 2.45) is 0 Å². The van der Waals surface area contributed by atoms with E-state index < -0.39 is 0 Å². The zero-order valence-electron chi connectivity index (χ0n) is 11.3. The summed E-state index contributed by atoms with van der Waals surface area (Å²) in [5.41, 5.74) is 1.19. The summed E-state index contributed by atoms with van der Waals surface area (Å²) in [4.78, 5) is 13.6. The number of anilines is 1. The first-order valence-electron chi connectivity index (χ1n) is 6.22. The summed E-state index contributed by atoms with van der Waals surface area (Å²) >= 11 is 0. The summed E-state index contributed by atoms with van der Waals surface area (Å²) in [6, 6.07) is 10.2. The average molecular weight is 250 g/mol. The zero-order chi connectivity index (χ0) is 13.4. The van der Waals surface area contributed by atoms with Crippen molar-refractivity contribution in [1.29, 1.82) is 0 Å². The van der Waals surface area contributed by atoms with Gasteiger partial charge in [-0.25, -0.2) is 0 Å². The van der Waals surface area contributed by atoms with E-state index in [0.29, 0.717) is 6.54 Å². The van der Waals surface area contributed by atoms with Gasteiger partial charge in [0.05, 0.1) is 0 Å². The molecule has 4 heteroatoms. The van der Waals surface area contributed by atoms with Crippen LogP contribution in [0.4, 0.5) is 5.69 Å². The molecule has 1 N–H and O–H groups in total. The van der Waals surface area contributed by atoms with Crippen molar-refractivity contribution in [2.45, 2.75) is 19.4 Å². The van der Waals surface area contributed by atoms with Gasteiger partial charge in [0.1, 0.15) is 6.10 Å². The molecule has 0 radical (unpaired) electrons. The number of carbonyl (C=O) groups excluding carboxylic acids is 1. The Bertz CT molecular complexity index is 354. The number of hydrogen-bond acceptors (Lipinski definition) is 3. The minimum Gasteiger partial charge on any atom is -0.375 e. The average Bonchev–Trinajstić information content (AvgIpc) is 2.43. The molecule has 0 fully saturated rings. The lowest BCUT2D eigenvalue weighted by Gasteiger charge is -2.19. The molecule has 0 spiro atoms. The number of carbonyl (C=O) groups is 1. The topological polar surface area (TPSA) is 41.6 Å². The van der Waals surface area contributed by atoms with Crippen LogP contribution in [0.1, 0.15) is 13.3 Å². The summed E-state index contributed by atoms with van der Waals surface area (Å²) in [6.45, 7) is 3.32. The Morgan fingerprint density at radius 1 is 1.39 bits per heavy atom. The van der Waals surface area contributed by atoms with Gasteiger partial charge in [0.25, 0.3) is 0 Å². The number of methoxy groups -OCH3 is 1. The van der Waals surface area contributed by atoms with Crippen LogP contribution in [0.15, 0.2) is 30.3 Å². The van der Waals surface area contributed by atoms with E-state index in [-0.39, 0.29) is 12.0 Å². The molecule has 1 atom stereocenters. The highest BCUT2D eigenvalue weighted by Gasteiger charge is 2.09. The molecule has 0 aliphatic carbocycles. The maximum atomic E-state index is 11.4. The van der Waals surface area contributed by atoms with Gasteiger partial charge in [0.15, 0.2) is 0 Å². The van der Waals surface area contributed by atoms with Crippen LogP contribution in [0.2, 0.25) is 0 Å². The van der Waals surface area contributed by atoms with Gasteiger partial charge in [-0.1, -0.05) is 18.2 Å². The normalized spacial score (nSPS) is 11.9. The van der Waals surface area contributed by atoms with E-state index in [4.69, 9.17) is 4.74 Å². The maximum absolute atomic E-state index is 11.4. The Morgan fingerprint density at radius 3 is 2.67 bits per heavy atom. The first-order chi connectivity index (χ1) is 8.65. The van der Waals surface area contributed by atoms with E-state index in [9.17, 15) is 4.79 Å². The molecular formula is C14H22N2O2. The third-order valence-corrected chi connectivity index (χ3v) is 2.89. The number of amides is 1. The second-order valence-electron chi connectivity index (χ2n) is 4.28. The quantitative estimate of drug-likeness (QED) is 0.748. The van der Waals surface area contributed by atoms with Crippen molar-refractivity contribution in [1.82, 2.24) is 5.32 Å². The molecule has 4 nitrogen and oxygen atoms in total. The fourth-order valence-electron chi connectivity index (χ4n) is 1.59. The number of rotatable bonds is 7. The Labute approximate surface area is 109 Å². The standard InChI is InChI=1S/C14H22N2O2/c1-12(18-3)14(17)15-10-7-11-16(2)13-8-5-4-6-9-13/h4-6,8-9,12H,7,10-11H2,1-3H3,(H,15,17). The Hall–Kier alpha value is -1.55. The fraction of sp³-hybridized carbons (Fsp3) is 0.500. The van der Waals surface area contributed by atoms with Gasteiger partial charge in [0, 0.05) is 32.9 Å². The molecule has 0 heterocycles. The molecule has 0 saturated heterocycles. The summed E-state index contributed by atoms with van der Waals surface area (Å²) in [5.74, 6) is -0.0557. The van der Waals surface area contributed by atoms with E-state index in [1.165, 1.54) is 12.8 Å². The van der Waals surface area contributed by atoms with Gasteiger partial charge in [0.2, 0.25) is 5.91 Å². The minimum atomic E-state index is -0.378. The molecule has 0 aromatic heterocycles. The third-order valence-electron chi connectivity index (χ3n) is 2.89. The van der Waals surface area contributed by atoms with Gasteiger partial charge >= 0.3 is 0 Å². The molecular weight excluding hydrogens is 228 g/mol. The molecule has 1 rings (SSSR count). The van der Waals surface area contributed by atoms with Crippen LogP contribution in [-0.2, 0) is 9.53 Å². The third kappa shape index (κ3) is 4.75. The predicted molar refractivity (Wildman–Crippen MR) is 73.8 cm³/mol. The number of para-hydroxylation sites is 1. The second-order valence-corrected chi connectivity index (χ2v) is 4.28. The Morgan fingerprint density at radius 2 is 2.06 bits per heavy atom. The number of hydrogen-bond donors (Lipinski definition) is 1. The molecule has 0 bridgehead atoms. The largest absolute Gasteiger partial charge is 0.375 e. The lowest BCUT2D eigenvalue weighted by Crippen LogP contribution is -2.35. The highest BCUT2D eigenvalue weighted by Crippen LogP contribution is 2.10. The Balaban J connectivity index is 2.20. The minimum absolute atomic E-state index is 0.0557. The maximum Gasteiger partial charge on any atom is 0.248 e. The predicted octanol–water partition coefficient (Wildman–Crippen LogP) is 1.66. The number of benzene rings is 1. The second kappa shape index (κ2) is 7.71. The van der Waals surface area contributed by atoms with E-state index in [0.717, 1.165) is 13.0 Å². The van der Waals surface area contributed by atoms with Gasteiger partial charge < -0.3 is 15.0 Å². The first kappa shape index (κ1) is 14.5. The van der Waals surface area contributed by atoms with Crippen molar-refractivity contribution in [2.75, 3.05) is 32.1 Å². The highest BCUT2D eigenvalue weighted by atomic mass is 16.5. The van der Waals surface area contributed by atoms with E-state index in [1.807, 2.05) is 18.2 Å². The van der Waals surface area contributed by atoms with Crippen LogP contribution in [0, 0.1) is 0 Å². The number of nitrogens with zero attached hydrogens (tertiary/aromatic N) is 1. The Kier molecular flexibility index (Phi) is 6.22. The van der Waals surface area contributed by atoms with Crippen molar-refractivity contribution >= 4 is 11.6 Å². The van der Waals surface area contributed by atoms with Crippen molar-refractivity contribution in [3.05, 3.63) is 30.3 Å². The molecule has 0 aliphatic rings. The van der Waals surface area contributed by atoms with Crippen molar-refractivity contribution in [3.8, 4) is 0 Å².